The van der Waals surface area contributed by atoms with Crippen LogP contribution in [0, 0.1) is 0 Å². The van der Waals surface area contributed by atoms with Crippen molar-refractivity contribution in [2.75, 3.05) is 13.2 Å². The Kier molecular flexibility index (Phi) is 12.5. The average Bonchev–Trinajstić information content (AvgIpc) is 2.94. The second kappa shape index (κ2) is 16.3. The van der Waals surface area contributed by atoms with Crippen molar-refractivity contribution in [2.45, 2.75) is 78.1 Å². The molecule has 0 atom stereocenters. The van der Waals surface area contributed by atoms with Crippen LogP contribution in [0.15, 0.2) is 69.9 Å². The number of unbranched alkanes of at least 4 members (excludes halogenated alkanes) is 7. The lowest BCUT2D eigenvalue weighted by Crippen LogP contribution is -2.15. The van der Waals surface area contributed by atoms with E-state index in [1.807, 2.05) is 25.1 Å². The summed E-state index contributed by atoms with van der Waals surface area (Å²) in [5, 5.41) is 0.446. The van der Waals surface area contributed by atoms with Gasteiger partial charge in [-0.1, -0.05) is 95.2 Å². The Morgan fingerprint density at radius 2 is 1.53 bits per heavy atom. The molecule has 204 valence electrons. The molecule has 0 aliphatic carbocycles. The van der Waals surface area contributed by atoms with Crippen LogP contribution >= 0.6 is 0 Å². The summed E-state index contributed by atoms with van der Waals surface area (Å²) in [6, 6.07) is 13.9. The van der Waals surface area contributed by atoms with Gasteiger partial charge in [-0.3, -0.25) is 0 Å². The van der Waals surface area contributed by atoms with Crippen LogP contribution in [0.25, 0.3) is 11.0 Å². The second-order valence-electron chi connectivity index (χ2n) is 9.28. The molecule has 6 heteroatoms. The predicted octanol–water partition coefficient (Wildman–Crippen LogP) is 8.27. The van der Waals surface area contributed by atoms with Crippen LogP contribution in [0.4, 0.5) is 0 Å². The second-order valence-corrected chi connectivity index (χ2v) is 9.28. The molecule has 0 amide bonds. The number of ether oxygens (including phenoxy) is 3. The first-order valence-electron chi connectivity index (χ1n) is 13.9. The van der Waals surface area contributed by atoms with Crippen molar-refractivity contribution in [3.63, 3.8) is 0 Å². The maximum absolute atomic E-state index is 13.0. The van der Waals surface area contributed by atoms with E-state index in [1.165, 1.54) is 38.5 Å². The smallest absolute Gasteiger partial charge is 0.383 e. The quantitative estimate of drug-likeness (QED) is 0.0772. The van der Waals surface area contributed by atoms with Crippen LogP contribution in [0.1, 0.15) is 88.4 Å². The molecule has 0 bridgehead atoms. The van der Waals surface area contributed by atoms with Gasteiger partial charge in [0, 0.05) is 0 Å². The summed E-state index contributed by atoms with van der Waals surface area (Å²) < 4.78 is 23.2. The summed E-state index contributed by atoms with van der Waals surface area (Å²) in [6.45, 7) is 5.03. The minimum Gasteiger partial charge on any atom is -0.490 e. The number of carbonyl (C=O) groups is 1. The molecule has 3 aromatic rings. The van der Waals surface area contributed by atoms with Gasteiger partial charge in [0.25, 0.3) is 0 Å². The average molecular weight is 521 g/mol. The highest BCUT2D eigenvalue weighted by atomic mass is 16.6. The fraction of sp³-hybridized carbons (Fsp3) is 0.438. The number of benzene rings is 2. The minimum absolute atomic E-state index is 0.0436. The van der Waals surface area contributed by atoms with Gasteiger partial charge in [0.2, 0.25) is 5.75 Å². The van der Waals surface area contributed by atoms with Crippen molar-refractivity contribution in [3.05, 3.63) is 76.7 Å². The Morgan fingerprint density at radius 3 is 2.26 bits per heavy atom. The summed E-state index contributed by atoms with van der Waals surface area (Å²) in [6.07, 6.45) is 15.1. The maximum atomic E-state index is 13.0. The highest BCUT2D eigenvalue weighted by molar-refractivity contribution is 5.96. The Morgan fingerprint density at radius 1 is 0.789 bits per heavy atom. The molecular weight excluding hydrogens is 480 g/mol. The van der Waals surface area contributed by atoms with Crippen LogP contribution in [0.5, 0.6) is 17.2 Å². The monoisotopic (exact) mass is 520 g/mol. The van der Waals surface area contributed by atoms with Gasteiger partial charge in [-0.05, 0) is 43.5 Å². The molecule has 0 aliphatic rings. The van der Waals surface area contributed by atoms with Crippen molar-refractivity contribution >= 4 is 16.9 Å². The van der Waals surface area contributed by atoms with Gasteiger partial charge >= 0.3 is 11.6 Å². The van der Waals surface area contributed by atoms with Crippen molar-refractivity contribution in [3.8, 4) is 17.2 Å². The highest BCUT2D eigenvalue weighted by Gasteiger charge is 2.23. The Bertz CT molecular complexity index is 1210. The number of hydrogen-bond acceptors (Lipinski definition) is 6. The van der Waals surface area contributed by atoms with Gasteiger partial charge in [0.05, 0.1) is 24.2 Å². The van der Waals surface area contributed by atoms with Crippen LogP contribution in [-0.4, -0.2) is 19.2 Å². The zero-order valence-electron chi connectivity index (χ0n) is 22.7. The zero-order chi connectivity index (χ0) is 27.0. The largest absolute Gasteiger partial charge is 0.490 e. The zero-order valence-corrected chi connectivity index (χ0v) is 22.7. The van der Waals surface area contributed by atoms with Gasteiger partial charge < -0.3 is 18.6 Å². The van der Waals surface area contributed by atoms with E-state index < -0.39 is 11.6 Å². The highest BCUT2D eigenvalue weighted by Crippen LogP contribution is 2.37. The fourth-order valence-corrected chi connectivity index (χ4v) is 4.15. The third-order valence-corrected chi connectivity index (χ3v) is 6.20. The molecule has 0 N–H and O–H groups in total. The van der Waals surface area contributed by atoms with E-state index in [1.54, 1.807) is 42.5 Å². The van der Waals surface area contributed by atoms with Gasteiger partial charge in [-0.25, -0.2) is 9.59 Å². The lowest BCUT2D eigenvalue weighted by molar-refractivity contribution is 0.0729. The van der Waals surface area contributed by atoms with Gasteiger partial charge in [-0.2, -0.15) is 0 Å². The predicted molar refractivity (Wildman–Crippen MR) is 152 cm³/mol. The molecule has 0 spiro atoms. The van der Waals surface area contributed by atoms with Gasteiger partial charge in [0.1, 0.15) is 0 Å². The van der Waals surface area contributed by atoms with Crippen molar-refractivity contribution in [1.29, 1.82) is 0 Å². The summed E-state index contributed by atoms with van der Waals surface area (Å²) in [7, 11) is 0. The molecule has 0 saturated carbocycles. The van der Waals surface area contributed by atoms with E-state index >= 15 is 0 Å². The third kappa shape index (κ3) is 8.79. The van der Waals surface area contributed by atoms with E-state index in [0.29, 0.717) is 29.7 Å². The molecular formula is C32H40O6. The van der Waals surface area contributed by atoms with Crippen LogP contribution in [0.2, 0.25) is 0 Å². The summed E-state index contributed by atoms with van der Waals surface area (Å²) in [4.78, 5) is 25.9. The molecule has 0 radical (unpaired) electrons. The fourth-order valence-electron chi connectivity index (χ4n) is 4.15. The first-order chi connectivity index (χ1) is 18.7. The summed E-state index contributed by atoms with van der Waals surface area (Å²) >= 11 is 0. The van der Waals surface area contributed by atoms with Crippen LogP contribution in [-0.2, 0) is 0 Å². The number of esters is 1. The molecule has 6 nitrogen and oxygen atoms in total. The SMILES string of the molecule is CC/C=C/CCOc1c(OC(=O)c2ccccc2)c2cccc(OCCCCCCCCCC)c2oc1=O. The Hall–Kier alpha value is -3.54. The molecule has 0 unspecified atom stereocenters. The Labute approximate surface area is 225 Å². The standard InChI is InChI=1S/C32H40O6/c1-3-5-7-9-10-11-12-17-23-35-27-22-18-21-26-28(27)37-32(34)30(36-24-16-8-6-4-2)29(26)38-31(33)25-19-14-13-15-20-25/h6,8,13-15,18-22H,3-5,7,9-12,16-17,23-24H2,1-2H3/b8-6+. The van der Waals surface area contributed by atoms with Gasteiger partial charge in [0.15, 0.2) is 17.1 Å². The van der Waals surface area contributed by atoms with Crippen LogP contribution < -0.4 is 19.8 Å². The van der Waals surface area contributed by atoms with Crippen molar-refractivity contribution in [2.24, 2.45) is 0 Å². The first-order valence-corrected chi connectivity index (χ1v) is 13.9. The van der Waals surface area contributed by atoms with E-state index in [4.69, 9.17) is 18.6 Å². The third-order valence-electron chi connectivity index (χ3n) is 6.20. The molecule has 1 heterocycles. The normalized spacial score (nSPS) is 11.2. The van der Waals surface area contributed by atoms with E-state index in [-0.39, 0.29) is 23.7 Å². The van der Waals surface area contributed by atoms with Crippen molar-refractivity contribution in [1.82, 2.24) is 0 Å². The molecule has 0 saturated heterocycles. The Balaban J connectivity index is 1.78. The lowest BCUT2D eigenvalue weighted by atomic mass is 10.1. The van der Waals surface area contributed by atoms with Gasteiger partial charge in [-0.15, -0.1) is 0 Å². The van der Waals surface area contributed by atoms with E-state index in [0.717, 1.165) is 19.3 Å². The number of allylic oxidation sites excluding steroid dienone is 1. The number of para-hydroxylation sites is 1. The van der Waals surface area contributed by atoms with Crippen LogP contribution in [0.3, 0.4) is 0 Å². The molecule has 3 rings (SSSR count). The first kappa shape index (κ1) is 29.0. The lowest BCUT2D eigenvalue weighted by Gasteiger charge is -2.14. The van der Waals surface area contributed by atoms with E-state index in [2.05, 4.69) is 6.92 Å². The van der Waals surface area contributed by atoms with Crippen molar-refractivity contribution < 1.29 is 23.4 Å². The number of fused-ring (bicyclic) bond motifs is 1. The molecule has 38 heavy (non-hydrogen) atoms. The molecule has 0 aliphatic heterocycles. The maximum Gasteiger partial charge on any atom is 0.383 e. The molecule has 1 aromatic heterocycles. The summed E-state index contributed by atoms with van der Waals surface area (Å²) in [5.74, 6) is -0.218. The summed E-state index contributed by atoms with van der Waals surface area (Å²) in [5.41, 5.74) is -0.102. The molecule has 0 fully saturated rings. The number of hydrogen-bond donors (Lipinski definition) is 0. The minimum atomic E-state index is -0.712. The molecule has 2 aromatic carbocycles. The number of rotatable bonds is 17. The topological polar surface area (TPSA) is 75.0 Å². The number of carbonyl (C=O) groups excluding carboxylic acids is 1. The van der Waals surface area contributed by atoms with E-state index in [9.17, 15) is 9.59 Å².